The van der Waals surface area contributed by atoms with Gasteiger partial charge < -0.3 is 20.3 Å². The topological polar surface area (TPSA) is 66.0 Å². The Morgan fingerprint density at radius 3 is 2.42 bits per heavy atom. The monoisotopic (exact) mass is 272 g/mol. The molecule has 0 aliphatic rings. The van der Waals surface area contributed by atoms with Crippen LogP contribution in [0.15, 0.2) is 4.99 Å². The van der Waals surface area contributed by atoms with Crippen molar-refractivity contribution in [1.29, 1.82) is 0 Å². The fraction of sp³-hybridized carbons (Fsp3) is 0.846. The molecule has 0 bridgehead atoms. The number of carbonyl (C=O) groups excluding carboxylic acids is 1. The number of hydrogen-bond acceptors (Lipinski definition) is 3. The number of likely N-dealkylation sites (N-methyl/N-ethyl adjacent to an activating group) is 1. The smallest absolute Gasteiger partial charge is 0.243 e. The standard InChI is InChI=1S/C13H28N4O2/c1-10(2)7-14-13(16-11(3)9-19-6)15-8-12(18)17(4)5/h10-11H,7-9H2,1-6H3,(H2,14,15,16). The lowest BCUT2D eigenvalue weighted by atomic mass is 10.2. The van der Waals surface area contributed by atoms with Crippen LogP contribution < -0.4 is 10.6 Å². The first kappa shape index (κ1) is 17.7. The van der Waals surface area contributed by atoms with Crippen LogP contribution in [0.1, 0.15) is 20.8 Å². The third-order valence-corrected chi connectivity index (χ3v) is 2.35. The molecular formula is C13H28N4O2. The second-order valence-corrected chi connectivity index (χ2v) is 5.23. The summed E-state index contributed by atoms with van der Waals surface area (Å²) in [5.74, 6) is 1.13. The number of nitrogens with one attached hydrogen (secondary N) is 2. The Balaban J connectivity index is 4.46. The Morgan fingerprint density at radius 2 is 1.95 bits per heavy atom. The molecule has 0 saturated carbocycles. The van der Waals surface area contributed by atoms with Gasteiger partial charge in [-0.3, -0.25) is 4.79 Å². The minimum Gasteiger partial charge on any atom is -0.383 e. The van der Waals surface area contributed by atoms with E-state index in [2.05, 4.69) is 29.5 Å². The summed E-state index contributed by atoms with van der Waals surface area (Å²) in [6, 6.07) is 0.137. The van der Waals surface area contributed by atoms with E-state index in [0.717, 1.165) is 6.54 Å². The second kappa shape index (κ2) is 9.61. The first-order chi connectivity index (χ1) is 8.86. The van der Waals surface area contributed by atoms with Gasteiger partial charge in [0.2, 0.25) is 5.91 Å². The molecule has 19 heavy (non-hydrogen) atoms. The van der Waals surface area contributed by atoms with E-state index in [-0.39, 0.29) is 18.5 Å². The molecule has 0 aliphatic heterocycles. The lowest BCUT2D eigenvalue weighted by Gasteiger charge is -2.19. The maximum atomic E-state index is 11.5. The van der Waals surface area contributed by atoms with E-state index >= 15 is 0 Å². The molecule has 0 aromatic rings. The predicted molar refractivity (Wildman–Crippen MR) is 78.3 cm³/mol. The maximum absolute atomic E-state index is 11.5. The SMILES string of the molecule is COCC(C)NC(=NCC(=O)N(C)C)NCC(C)C. The van der Waals surface area contributed by atoms with E-state index in [9.17, 15) is 4.79 Å². The molecule has 1 amide bonds. The Hall–Kier alpha value is -1.30. The number of methoxy groups -OCH3 is 1. The van der Waals surface area contributed by atoms with Gasteiger partial charge in [-0.05, 0) is 12.8 Å². The zero-order chi connectivity index (χ0) is 14.8. The third-order valence-electron chi connectivity index (χ3n) is 2.35. The van der Waals surface area contributed by atoms with Gasteiger partial charge in [-0.1, -0.05) is 13.8 Å². The number of guanidine groups is 1. The average Bonchev–Trinajstić information content (AvgIpc) is 2.32. The van der Waals surface area contributed by atoms with Gasteiger partial charge in [-0.15, -0.1) is 0 Å². The zero-order valence-corrected chi connectivity index (χ0v) is 13.0. The van der Waals surface area contributed by atoms with E-state index in [1.54, 1.807) is 21.2 Å². The van der Waals surface area contributed by atoms with Gasteiger partial charge in [0.1, 0.15) is 6.54 Å². The number of hydrogen-bond donors (Lipinski definition) is 2. The normalized spacial score (nSPS) is 13.3. The van der Waals surface area contributed by atoms with Gasteiger partial charge in [-0.25, -0.2) is 4.99 Å². The van der Waals surface area contributed by atoms with Crippen molar-refractivity contribution in [3.8, 4) is 0 Å². The van der Waals surface area contributed by atoms with Gasteiger partial charge in [0.05, 0.1) is 6.61 Å². The number of ether oxygens (including phenoxy) is 1. The Kier molecular flexibility index (Phi) is 8.95. The molecule has 0 aromatic heterocycles. The van der Waals surface area contributed by atoms with Crippen molar-refractivity contribution in [1.82, 2.24) is 15.5 Å². The fourth-order valence-electron chi connectivity index (χ4n) is 1.27. The minimum absolute atomic E-state index is 0.0231. The molecule has 0 aromatic carbocycles. The van der Waals surface area contributed by atoms with Gasteiger partial charge in [-0.2, -0.15) is 0 Å². The maximum Gasteiger partial charge on any atom is 0.243 e. The summed E-state index contributed by atoms with van der Waals surface area (Å²) in [5.41, 5.74) is 0. The van der Waals surface area contributed by atoms with Crippen molar-refractivity contribution < 1.29 is 9.53 Å². The molecule has 6 nitrogen and oxygen atoms in total. The highest BCUT2D eigenvalue weighted by Crippen LogP contribution is 1.89. The average molecular weight is 272 g/mol. The van der Waals surface area contributed by atoms with Crippen LogP contribution in [-0.4, -0.2) is 63.7 Å². The van der Waals surface area contributed by atoms with Crippen molar-refractivity contribution in [3.05, 3.63) is 0 Å². The summed E-state index contributed by atoms with van der Waals surface area (Å²) >= 11 is 0. The van der Waals surface area contributed by atoms with Crippen LogP contribution in [0.5, 0.6) is 0 Å². The Morgan fingerprint density at radius 1 is 1.32 bits per heavy atom. The lowest BCUT2D eigenvalue weighted by Crippen LogP contribution is -2.45. The molecule has 0 aliphatic carbocycles. The molecule has 112 valence electrons. The van der Waals surface area contributed by atoms with E-state index in [0.29, 0.717) is 18.5 Å². The molecule has 0 rings (SSSR count). The number of rotatable bonds is 7. The number of nitrogens with zero attached hydrogens (tertiary/aromatic N) is 2. The Labute approximate surface area is 116 Å². The summed E-state index contributed by atoms with van der Waals surface area (Å²) in [6.45, 7) is 7.78. The molecule has 0 spiro atoms. The molecule has 2 N–H and O–H groups in total. The van der Waals surface area contributed by atoms with Crippen molar-refractivity contribution in [2.45, 2.75) is 26.8 Å². The minimum atomic E-state index is -0.0231. The van der Waals surface area contributed by atoms with E-state index in [1.807, 2.05) is 6.92 Å². The quantitative estimate of drug-likeness (QED) is 0.517. The van der Waals surface area contributed by atoms with E-state index < -0.39 is 0 Å². The second-order valence-electron chi connectivity index (χ2n) is 5.23. The zero-order valence-electron chi connectivity index (χ0n) is 13.0. The molecule has 0 radical (unpaired) electrons. The largest absolute Gasteiger partial charge is 0.383 e. The summed E-state index contributed by atoms with van der Waals surface area (Å²) < 4.78 is 5.07. The molecule has 0 heterocycles. The first-order valence-corrected chi connectivity index (χ1v) is 6.60. The van der Waals surface area contributed by atoms with Crippen LogP contribution in [0.2, 0.25) is 0 Å². The molecule has 0 fully saturated rings. The molecular weight excluding hydrogens is 244 g/mol. The summed E-state index contributed by atoms with van der Waals surface area (Å²) in [4.78, 5) is 17.4. The van der Waals surface area contributed by atoms with Gasteiger partial charge in [0, 0.05) is 33.8 Å². The summed E-state index contributed by atoms with van der Waals surface area (Å²) in [5, 5.41) is 6.43. The van der Waals surface area contributed by atoms with E-state index in [1.165, 1.54) is 4.90 Å². The van der Waals surface area contributed by atoms with E-state index in [4.69, 9.17) is 4.74 Å². The molecule has 6 heteroatoms. The molecule has 1 unspecified atom stereocenters. The van der Waals surface area contributed by atoms with Crippen LogP contribution in [0.25, 0.3) is 0 Å². The highest BCUT2D eigenvalue weighted by atomic mass is 16.5. The predicted octanol–water partition coefficient (Wildman–Crippen LogP) is 0.301. The number of carbonyl (C=O) groups is 1. The van der Waals surface area contributed by atoms with Gasteiger partial charge in [0.25, 0.3) is 0 Å². The fourth-order valence-corrected chi connectivity index (χ4v) is 1.27. The van der Waals surface area contributed by atoms with Crippen LogP contribution in [0, 0.1) is 5.92 Å². The van der Waals surface area contributed by atoms with Crippen LogP contribution in [0.4, 0.5) is 0 Å². The summed E-state index contributed by atoms with van der Waals surface area (Å²) in [6.07, 6.45) is 0. The van der Waals surface area contributed by atoms with Crippen LogP contribution in [0.3, 0.4) is 0 Å². The van der Waals surface area contributed by atoms with Crippen molar-refractivity contribution in [2.24, 2.45) is 10.9 Å². The van der Waals surface area contributed by atoms with Crippen molar-refractivity contribution >= 4 is 11.9 Å². The summed E-state index contributed by atoms with van der Waals surface area (Å²) in [7, 11) is 5.10. The van der Waals surface area contributed by atoms with Gasteiger partial charge >= 0.3 is 0 Å². The van der Waals surface area contributed by atoms with Crippen molar-refractivity contribution in [3.63, 3.8) is 0 Å². The highest BCUT2D eigenvalue weighted by Gasteiger charge is 2.08. The van der Waals surface area contributed by atoms with Gasteiger partial charge in [0.15, 0.2) is 5.96 Å². The van der Waals surface area contributed by atoms with Crippen LogP contribution in [-0.2, 0) is 9.53 Å². The number of aliphatic imine (C=N–C) groups is 1. The first-order valence-electron chi connectivity index (χ1n) is 6.60. The van der Waals surface area contributed by atoms with Crippen LogP contribution >= 0.6 is 0 Å². The number of amides is 1. The van der Waals surface area contributed by atoms with Crippen molar-refractivity contribution in [2.75, 3.05) is 40.9 Å². The highest BCUT2D eigenvalue weighted by molar-refractivity contribution is 5.84. The Bertz CT molecular complexity index is 290. The molecule has 0 saturated heterocycles. The third kappa shape index (κ3) is 9.30. The molecule has 1 atom stereocenters. The lowest BCUT2D eigenvalue weighted by molar-refractivity contribution is -0.127.